The van der Waals surface area contributed by atoms with Crippen LogP contribution in [0.4, 0.5) is 5.69 Å². The summed E-state index contributed by atoms with van der Waals surface area (Å²) in [5.74, 6) is 0.113. The molecule has 0 amide bonds. The van der Waals surface area contributed by atoms with Gasteiger partial charge in [0.2, 0.25) is 0 Å². The smallest absolute Gasteiger partial charge is 0.118 e. The standard InChI is InChI=1S/C18H23N3/c1-18(2,3)14-11-9-13(10-12-14)16(17(19)20)21-15-7-5-4-6-8-15/h4-12,16,21H,1-3H3,(H3,19,20). The SMILES string of the molecule is CC(C)(C)c1ccc(C(Nc2ccccc2)C(=N)N)cc1. The zero-order chi connectivity index (χ0) is 15.5. The molecule has 0 aliphatic rings. The molecule has 0 saturated heterocycles. The van der Waals surface area contributed by atoms with Crippen LogP contribution in [0.3, 0.4) is 0 Å². The fraction of sp³-hybridized carbons (Fsp3) is 0.278. The number of para-hydroxylation sites is 1. The highest BCUT2D eigenvalue weighted by Gasteiger charge is 2.17. The van der Waals surface area contributed by atoms with Crippen LogP contribution in [0.15, 0.2) is 54.6 Å². The average molecular weight is 281 g/mol. The first-order valence-electron chi connectivity index (χ1n) is 7.14. The molecular formula is C18H23N3. The van der Waals surface area contributed by atoms with E-state index in [1.54, 1.807) is 0 Å². The molecular weight excluding hydrogens is 258 g/mol. The van der Waals surface area contributed by atoms with Gasteiger partial charge < -0.3 is 11.1 Å². The largest absolute Gasteiger partial charge is 0.386 e. The molecule has 3 heteroatoms. The fourth-order valence-electron chi connectivity index (χ4n) is 2.22. The maximum atomic E-state index is 7.83. The van der Waals surface area contributed by atoms with Crippen LogP contribution < -0.4 is 11.1 Å². The summed E-state index contributed by atoms with van der Waals surface area (Å²) in [5, 5.41) is 11.1. The van der Waals surface area contributed by atoms with Crippen molar-refractivity contribution in [2.24, 2.45) is 5.73 Å². The molecule has 0 heterocycles. The Balaban J connectivity index is 2.25. The van der Waals surface area contributed by atoms with Crippen LogP contribution in [-0.2, 0) is 5.41 Å². The van der Waals surface area contributed by atoms with Gasteiger partial charge in [0.15, 0.2) is 0 Å². The predicted octanol–water partition coefficient (Wildman–Crippen LogP) is 4.07. The van der Waals surface area contributed by atoms with E-state index < -0.39 is 0 Å². The second kappa shape index (κ2) is 6.00. The summed E-state index contributed by atoms with van der Waals surface area (Å²) in [4.78, 5) is 0. The number of benzene rings is 2. The second-order valence-corrected chi connectivity index (χ2v) is 6.27. The first-order valence-corrected chi connectivity index (χ1v) is 7.14. The maximum absolute atomic E-state index is 7.83. The van der Waals surface area contributed by atoms with Crippen molar-refractivity contribution in [2.45, 2.75) is 32.2 Å². The number of hydrogen-bond acceptors (Lipinski definition) is 2. The van der Waals surface area contributed by atoms with Gasteiger partial charge >= 0.3 is 0 Å². The molecule has 2 aromatic rings. The zero-order valence-corrected chi connectivity index (χ0v) is 12.9. The third-order valence-electron chi connectivity index (χ3n) is 3.51. The third kappa shape index (κ3) is 3.85. The first-order chi connectivity index (χ1) is 9.88. The van der Waals surface area contributed by atoms with Gasteiger partial charge in [0.25, 0.3) is 0 Å². The second-order valence-electron chi connectivity index (χ2n) is 6.27. The van der Waals surface area contributed by atoms with Gasteiger partial charge in [0, 0.05) is 5.69 Å². The molecule has 2 rings (SSSR count). The Morgan fingerprint density at radius 2 is 1.57 bits per heavy atom. The molecule has 1 unspecified atom stereocenters. The van der Waals surface area contributed by atoms with Crippen molar-refractivity contribution in [3.63, 3.8) is 0 Å². The van der Waals surface area contributed by atoms with Crippen LogP contribution >= 0.6 is 0 Å². The van der Waals surface area contributed by atoms with Crippen LogP contribution in [0.5, 0.6) is 0 Å². The van der Waals surface area contributed by atoms with Crippen molar-refractivity contribution in [1.29, 1.82) is 5.41 Å². The van der Waals surface area contributed by atoms with Crippen molar-refractivity contribution in [3.05, 3.63) is 65.7 Å². The highest BCUT2D eigenvalue weighted by Crippen LogP contribution is 2.25. The molecule has 0 saturated carbocycles. The van der Waals surface area contributed by atoms with E-state index in [-0.39, 0.29) is 17.3 Å². The lowest BCUT2D eigenvalue weighted by atomic mass is 9.86. The summed E-state index contributed by atoms with van der Waals surface area (Å²) in [6.07, 6.45) is 0. The number of nitrogens with one attached hydrogen (secondary N) is 2. The van der Waals surface area contributed by atoms with E-state index in [1.165, 1.54) is 5.56 Å². The summed E-state index contributed by atoms with van der Waals surface area (Å²) in [6.45, 7) is 6.56. The Labute approximate surface area is 126 Å². The van der Waals surface area contributed by atoms with Crippen molar-refractivity contribution in [3.8, 4) is 0 Å². The highest BCUT2D eigenvalue weighted by atomic mass is 15.0. The normalized spacial score (nSPS) is 12.7. The number of amidine groups is 1. The Morgan fingerprint density at radius 1 is 1.00 bits per heavy atom. The first kappa shape index (κ1) is 15.1. The van der Waals surface area contributed by atoms with Gasteiger partial charge in [-0.15, -0.1) is 0 Å². The van der Waals surface area contributed by atoms with E-state index in [9.17, 15) is 0 Å². The number of rotatable bonds is 4. The molecule has 0 aromatic heterocycles. The predicted molar refractivity (Wildman–Crippen MR) is 89.9 cm³/mol. The summed E-state index contributed by atoms with van der Waals surface area (Å²) in [5.41, 5.74) is 9.11. The molecule has 0 aliphatic heterocycles. The Hall–Kier alpha value is -2.29. The van der Waals surface area contributed by atoms with E-state index in [4.69, 9.17) is 11.1 Å². The topological polar surface area (TPSA) is 61.9 Å². The molecule has 110 valence electrons. The summed E-state index contributed by atoms with van der Waals surface area (Å²) in [7, 11) is 0. The van der Waals surface area contributed by atoms with Crippen molar-refractivity contribution >= 4 is 11.5 Å². The van der Waals surface area contributed by atoms with Gasteiger partial charge in [-0.1, -0.05) is 63.2 Å². The molecule has 0 radical (unpaired) electrons. The third-order valence-corrected chi connectivity index (χ3v) is 3.51. The molecule has 2 aromatic carbocycles. The Bertz CT molecular complexity index is 595. The monoisotopic (exact) mass is 281 g/mol. The van der Waals surface area contributed by atoms with Crippen molar-refractivity contribution in [1.82, 2.24) is 0 Å². The van der Waals surface area contributed by atoms with Gasteiger partial charge in [0.1, 0.15) is 11.9 Å². The molecule has 1 atom stereocenters. The van der Waals surface area contributed by atoms with Crippen LogP contribution in [0.2, 0.25) is 0 Å². The minimum atomic E-state index is -0.304. The van der Waals surface area contributed by atoms with E-state index in [0.29, 0.717) is 0 Å². The maximum Gasteiger partial charge on any atom is 0.118 e. The quantitative estimate of drug-likeness (QED) is 0.584. The van der Waals surface area contributed by atoms with E-state index in [0.717, 1.165) is 11.3 Å². The fourth-order valence-corrected chi connectivity index (χ4v) is 2.22. The number of anilines is 1. The molecule has 3 nitrogen and oxygen atoms in total. The lowest BCUT2D eigenvalue weighted by molar-refractivity contribution is 0.590. The summed E-state index contributed by atoms with van der Waals surface area (Å²) in [6, 6.07) is 17.8. The van der Waals surface area contributed by atoms with E-state index >= 15 is 0 Å². The molecule has 0 bridgehead atoms. The minimum absolute atomic E-state index is 0.113. The van der Waals surface area contributed by atoms with E-state index in [1.807, 2.05) is 42.5 Å². The molecule has 0 spiro atoms. The molecule has 0 fully saturated rings. The number of hydrogen-bond donors (Lipinski definition) is 3. The van der Waals surface area contributed by atoms with Gasteiger partial charge in [-0.05, 0) is 28.7 Å². The Kier molecular flexibility index (Phi) is 4.32. The van der Waals surface area contributed by atoms with Crippen LogP contribution in [-0.4, -0.2) is 5.84 Å². The minimum Gasteiger partial charge on any atom is -0.386 e. The van der Waals surface area contributed by atoms with Gasteiger partial charge in [0.05, 0.1) is 0 Å². The van der Waals surface area contributed by atoms with Gasteiger partial charge in [-0.25, -0.2) is 0 Å². The average Bonchev–Trinajstić information content (AvgIpc) is 2.45. The zero-order valence-electron chi connectivity index (χ0n) is 12.9. The molecule has 0 aliphatic carbocycles. The van der Waals surface area contributed by atoms with Crippen molar-refractivity contribution < 1.29 is 0 Å². The number of nitrogens with two attached hydrogens (primary N) is 1. The van der Waals surface area contributed by atoms with Gasteiger partial charge in [-0.2, -0.15) is 0 Å². The van der Waals surface area contributed by atoms with Gasteiger partial charge in [-0.3, -0.25) is 5.41 Å². The Morgan fingerprint density at radius 3 is 2.05 bits per heavy atom. The van der Waals surface area contributed by atoms with Crippen LogP contribution in [0, 0.1) is 5.41 Å². The van der Waals surface area contributed by atoms with E-state index in [2.05, 4.69) is 38.2 Å². The van der Waals surface area contributed by atoms with Crippen molar-refractivity contribution in [2.75, 3.05) is 5.32 Å². The summed E-state index contributed by atoms with van der Waals surface area (Å²) >= 11 is 0. The van der Waals surface area contributed by atoms with Crippen LogP contribution in [0.1, 0.15) is 37.9 Å². The molecule has 21 heavy (non-hydrogen) atoms. The summed E-state index contributed by atoms with van der Waals surface area (Å²) < 4.78 is 0. The van der Waals surface area contributed by atoms with Crippen LogP contribution in [0.25, 0.3) is 0 Å². The lowest BCUT2D eigenvalue weighted by Crippen LogP contribution is -2.27. The highest BCUT2D eigenvalue weighted by molar-refractivity contribution is 5.86. The lowest BCUT2D eigenvalue weighted by Gasteiger charge is -2.22. The molecule has 4 N–H and O–H groups in total.